The molecule has 0 atom stereocenters. The van der Waals surface area contributed by atoms with E-state index >= 15 is 0 Å². The number of carbonyl (C=O) groups excluding carboxylic acids is 1. The molecule has 0 amide bonds. The summed E-state index contributed by atoms with van der Waals surface area (Å²) >= 11 is 0. The molecule has 1 aliphatic heterocycles. The lowest BCUT2D eigenvalue weighted by molar-refractivity contribution is -0.0134. The van der Waals surface area contributed by atoms with Crippen LogP contribution in [0.3, 0.4) is 0 Å². The van der Waals surface area contributed by atoms with Gasteiger partial charge in [-0.15, -0.1) is 0 Å². The lowest BCUT2D eigenvalue weighted by Gasteiger charge is -2.14. The second kappa shape index (κ2) is 26.1. The van der Waals surface area contributed by atoms with Crippen LogP contribution in [0.2, 0.25) is 0 Å². The smallest absolute Gasteiger partial charge is 0.338 e. The van der Waals surface area contributed by atoms with Gasteiger partial charge in [0.1, 0.15) is 19.0 Å². The summed E-state index contributed by atoms with van der Waals surface area (Å²) in [4.78, 5) is 12.8. The topological polar surface area (TPSA) is 112 Å². The minimum atomic E-state index is -0.396. The zero-order chi connectivity index (χ0) is 33.0. The molecule has 1 aliphatic rings. The molecule has 0 aliphatic carbocycles. The molecule has 0 unspecified atom stereocenters. The second-order valence-electron chi connectivity index (χ2n) is 11.0. The Morgan fingerprint density at radius 1 is 0.638 bits per heavy atom. The van der Waals surface area contributed by atoms with Crippen molar-refractivity contribution in [3.8, 4) is 17.2 Å². The number of nitrogens with one attached hydrogen (secondary N) is 1. The summed E-state index contributed by atoms with van der Waals surface area (Å²) in [7, 11) is 0. The zero-order valence-corrected chi connectivity index (χ0v) is 28.2. The van der Waals surface area contributed by atoms with Crippen molar-refractivity contribution in [3.05, 3.63) is 53.6 Å². The van der Waals surface area contributed by atoms with E-state index in [1.165, 1.54) is 18.4 Å². The maximum absolute atomic E-state index is 12.8. The molecule has 0 spiro atoms. The summed E-state index contributed by atoms with van der Waals surface area (Å²) in [6, 6.07) is 13.3. The van der Waals surface area contributed by atoms with Crippen molar-refractivity contribution in [2.75, 3.05) is 99.0 Å². The third-order valence-corrected chi connectivity index (χ3v) is 7.14. The number of esters is 1. The molecule has 264 valence electrons. The Morgan fingerprint density at radius 2 is 1.19 bits per heavy atom. The average molecular weight is 662 g/mol. The number of carbonyl (C=O) groups is 1. The van der Waals surface area contributed by atoms with Crippen molar-refractivity contribution in [2.24, 2.45) is 0 Å². The first-order valence-corrected chi connectivity index (χ1v) is 17.1. The van der Waals surface area contributed by atoms with E-state index in [4.69, 9.17) is 42.6 Å². The van der Waals surface area contributed by atoms with Gasteiger partial charge in [0, 0.05) is 6.54 Å². The Kier molecular flexibility index (Phi) is 21.4. The molecule has 2 aromatic rings. The average Bonchev–Trinajstić information content (AvgIpc) is 3.09. The quantitative estimate of drug-likeness (QED) is 0.212. The lowest BCUT2D eigenvalue weighted by Crippen LogP contribution is -2.14. The fourth-order valence-electron chi connectivity index (χ4n) is 4.50. The molecule has 0 bridgehead atoms. The number of hydrogen-bond acceptors (Lipinski definition) is 11. The van der Waals surface area contributed by atoms with Gasteiger partial charge in [0.05, 0.1) is 84.8 Å². The SMILES string of the molecule is CCCCNCc1ccc(OCCCCCCOC(=O)c2ccc3c(c2)OCCOCCOCCOCCOCCOCCO3)cc1. The van der Waals surface area contributed by atoms with E-state index in [0.717, 1.165) is 44.5 Å². The maximum atomic E-state index is 12.8. The fourth-order valence-corrected chi connectivity index (χ4v) is 4.50. The van der Waals surface area contributed by atoms with Gasteiger partial charge in [-0.25, -0.2) is 4.79 Å². The van der Waals surface area contributed by atoms with Crippen LogP contribution >= 0.6 is 0 Å². The standard InChI is InChI=1S/C36H55NO10/c1-2-3-14-37-30-31-8-11-33(12-9-31)44-15-6-4-5-7-16-47-36(38)32-10-13-34-35(29-32)46-28-26-43-24-22-41-20-18-39-17-19-40-21-23-42-25-27-45-34/h8-13,29,37H,2-7,14-28,30H2,1H3. The van der Waals surface area contributed by atoms with Crippen molar-refractivity contribution >= 4 is 5.97 Å². The molecule has 47 heavy (non-hydrogen) atoms. The summed E-state index contributed by atoms with van der Waals surface area (Å²) < 4.78 is 50.9. The van der Waals surface area contributed by atoms with E-state index in [1.54, 1.807) is 18.2 Å². The molecule has 0 radical (unpaired) electrons. The highest BCUT2D eigenvalue weighted by Crippen LogP contribution is 2.29. The van der Waals surface area contributed by atoms with Crippen LogP contribution in [0.15, 0.2) is 42.5 Å². The number of rotatable bonds is 14. The predicted octanol–water partition coefficient (Wildman–Crippen LogP) is 5.23. The molecule has 3 rings (SSSR count). The molecule has 0 saturated carbocycles. The molecular formula is C36H55NO10. The summed E-state index contributed by atoms with van der Waals surface area (Å²) in [6.45, 7) is 10.4. The Labute approximate surface area is 280 Å². The molecular weight excluding hydrogens is 606 g/mol. The van der Waals surface area contributed by atoms with Gasteiger partial charge in [-0.3, -0.25) is 0 Å². The molecule has 0 fully saturated rings. The second-order valence-corrected chi connectivity index (χ2v) is 11.0. The third-order valence-electron chi connectivity index (χ3n) is 7.14. The molecule has 2 aromatic carbocycles. The van der Waals surface area contributed by atoms with E-state index in [9.17, 15) is 4.79 Å². The monoisotopic (exact) mass is 661 g/mol. The van der Waals surface area contributed by atoms with E-state index in [2.05, 4.69) is 24.4 Å². The highest BCUT2D eigenvalue weighted by atomic mass is 16.6. The van der Waals surface area contributed by atoms with Crippen molar-refractivity contribution in [3.63, 3.8) is 0 Å². The maximum Gasteiger partial charge on any atom is 0.338 e. The van der Waals surface area contributed by atoms with Crippen LogP contribution in [0.1, 0.15) is 61.4 Å². The van der Waals surface area contributed by atoms with Gasteiger partial charge in [-0.2, -0.15) is 0 Å². The van der Waals surface area contributed by atoms with Crippen LogP contribution in [0.4, 0.5) is 0 Å². The van der Waals surface area contributed by atoms with Crippen LogP contribution in [0.25, 0.3) is 0 Å². The van der Waals surface area contributed by atoms with Gasteiger partial charge in [-0.1, -0.05) is 25.5 Å². The Hall–Kier alpha value is -2.93. The summed E-state index contributed by atoms with van der Waals surface area (Å²) in [5.74, 6) is 1.46. The van der Waals surface area contributed by atoms with Gasteiger partial charge in [0.2, 0.25) is 0 Å². The molecule has 1 N–H and O–H groups in total. The Bertz CT molecular complexity index is 1070. The van der Waals surface area contributed by atoms with E-state index in [-0.39, 0.29) is 6.61 Å². The summed E-state index contributed by atoms with van der Waals surface area (Å²) in [5, 5.41) is 3.45. The third kappa shape index (κ3) is 18.3. The number of benzene rings is 2. The van der Waals surface area contributed by atoms with Crippen LogP contribution in [0.5, 0.6) is 17.2 Å². The number of ether oxygens (including phenoxy) is 9. The predicted molar refractivity (Wildman–Crippen MR) is 179 cm³/mol. The lowest BCUT2D eigenvalue weighted by atomic mass is 10.2. The Morgan fingerprint density at radius 3 is 1.79 bits per heavy atom. The molecule has 0 saturated heterocycles. The van der Waals surface area contributed by atoms with E-state index in [0.29, 0.717) is 103 Å². The van der Waals surface area contributed by atoms with Gasteiger partial charge in [0.25, 0.3) is 0 Å². The largest absolute Gasteiger partial charge is 0.494 e. The van der Waals surface area contributed by atoms with Crippen LogP contribution < -0.4 is 19.5 Å². The minimum absolute atomic E-state index is 0.289. The van der Waals surface area contributed by atoms with Gasteiger partial charge in [-0.05, 0) is 74.5 Å². The van der Waals surface area contributed by atoms with Gasteiger partial charge >= 0.3 is 5.97 Å². The molecule has 1 heterocycles. The van der Waals surface area contributed by atoms with Crippen molar-refractivity contribution in [2.45, 2.75) is 52.0 Å². The van der Waals surface area contributed by atoms with E-state index < -0.39 is 5.97 Å². The number of unbranched alkanes of at least 4 members (excludes halogenated alkanes) is 4. The van der Waals surface area contributed by atoms with Crippen molar-refractivity contribution in [1.82, 2.24) is 5.32 Å². The first kappa shape index (κ1) is 38.5. The summed E-state index contributed by atoms with van der Waals surface area (Å²) in [5.41, 5.74) is 1.66. The van der Waals surface area contributed by atoms with Crippen molar-refractivity contribution < 1.29 is 47.4 Å². The molecule has 11 heteroatoms. The molecule has 11 nitrogen and oxygen atoms in total. The first-order chi connectivity index (χ1) is 23.3. The van der Waals surface area contributed by atoms with Crippen LogP contribution in [-0.2, 0) is 35.0 Å². The first-order valence-electron chi connectivity index (χ1n) is 17.1. The minimum Gasteiger partial charge on any atom is -0.494 e. The highest BCUT2D eigenvalue weighted by Gasteiger charge is 2.13. The van der Waals surface area contributed by atoms with Crippen molar-refractivity contribution in [1.29, 1.82) is 0 Å². The fraction of sp³-hybridized carbons (Fsp3) is 0.639. The van der Waals surface area contributed by atoms with Gasteiger partial charge < -0.3 is 47.9 Å². The normalized spacial score (nSPS) is 16.1. The van der Waals surface area contributed by atoms with Crippen LogP contribution in [0, 0.1) is 0 Å². The summed E-state index contributed by atoms with van der Waals surface area (Å²) in [6.07, 6.45) is 6.08. The van der Waals surface area contributed by atoms with Gasteiger partial charge in [0.15, 0.2) is 11.5 Å². The Balaban J connectivity index is 1.33. The van der Waals surface area contributed by atoms with E-state index in [1.807, 2.05) is 12.1 Å². The number of hydrogen-bond donors (Lipinski definition) is 1. The highest BCUT2D eigenvalue weighted by molar-refractivity contribution is 5.90. The van der Waals surface area contributed by atoms with Crippen LogP contribution in [-0.4, -0.2) is 105 Å². The number of fused-ring (bicyclic) bond motifs is 1. The molecule has 0 aromatic heterocycles. The zero-order valence-electron chi connectivity index (χ0n) is 28.2.